The number of carbonyl (C=O) groups excluding carboxylic acids is 1. The molecule has 7 heteroatoms. The molecule has 1 aliphatic heterocycles. The van der Waals surface area contributed by atoms with Crippen LogP contribution in [0.25, 0.3) is 11.6 Å². The number of hydrogen-bond donors (Lipinski definition) is 0. The van der Waals surface area contributed by atoms with Crippen LogP contribution in [0.15, 0.2) is 45.7 Å². The normalized spacial score (nSPS) is 17.4. The zero-order chi connectivity index (χ0) is 17.8. The largest absolute Gasteiger partial charge is 0.338 e. The van der Waals surface area contributed by atoms with E-state index in [0.29, 0.717) is 23.3 Å². The van der Waals surface area contributed by atoms with Crippen LogP contribution < -0.4 is 0 Å². The van der Waals surface area contributed by atoms with Gasteiger partial charge in [-0.2, -0.15) is 16.3 Å². The SMILES string of the molecule is O=C(c1ccsc1)N1CCC[C@H](CCc2noc(-c3ccccn3)n2)C1. The maximum atomic E-state index is 12.5. The minimum absolute atomic E-state index is 0.146. The van der Waals surface area contributed by atoms with Crippen molar-refractivity contribution in [2.24, 2.45) is 5.92 Å². The molecule has 1 fully saturated rings. The molecule has 0 spiro atoms. The fourth-order valence-corrected chi connectivity index (χ4v) is 3.97. The molecule has 0 saturated carbocycles. The summed E-state index contributed by atoms with van der Waals surface area (Å²) < 4.78 is 5.31. The third-order valence-corrected chi connectivity index (χ3v) is 5.39. The van der Waals surface area contributed by atoms with Gasteiger partial charge in [-0.25, -0.2) is 0 Å². The molecule has 1 saturated heterocycles. The first-order valence-corrected chi connectivity index (χ1v) is 9.79. The van der Waals surface area contributed by atoms with Gasteiger partial charge in [0.2, 0.25) is 0 Å². The van der Waals surface area contributed by atoms with E-state index in [1.54, 1.807) is 17.5 Å². The van der Waals surface area contributed by atoms with Crippen molar-refractivity contribution in [2.45, 2.75) is 25.7 Å². The Morgan fingerprint density at radius 2 is 2.31 bits per heavy atom. The Morgan fingerprint density at radius 3 is 3.12 bits per heavy atom. The number of nitrogens with zero attached hydrogens (tertiary/aromatic N) is 4. The van der Waals surface area contributed by atoms with E-state index in [1.807, 2.05) is 39.9 Å². The second-order valence-corrected chi connectivity index (χ2v) is 7.32. The van der Waals surface area contributed by atoms with Gasteiger partial charge in [0.1, 0.15) is 5.69 Å². The van der Waals surface area contributed by atoms with E-state index in [-0.39, 0.29) is 5.91 Å². The van der Waals surface area contributed by atoms with E-state index in [0.717, 1.165) is 44.3 Å². The van der Waals surface area contributed by atoms with Crippen molar-refractivity contribution in [3.05, 3.63) is 52.6 Å². The molecule has 1 aliphatic rings. The Bertz CT molecular complexity index is 848. The number of rotatable bonds is 5. The van der Waals surface area contributed by atoms with Crippen LogP contribution in [0.3, 0.4) is 0 Å². The van der Waals surface area contributed by atoms with Crippen LogP contribution in [0.4, 0.5) is 0 Å². The van der Waals surface area contributed by atoms with Gasteiger partial charge in [-0.15, -0.1) is 0 Å². The van der Waals surface area contributed by atoms with Crippen molar-refractivity contribution in [3.8, 4) is 11.6 Å². The van der Waals surface area contributed by atoms with E-state index in [2.05, 4.69) is 15.1 Å². The second kappa shape index (κ2) is 7.78. The maximum absolute atomic E-state index is 12.5. The van der Waals surface area contributed by atoms with Crippen molar-refractivity contribution in [1.29, 1.82) is 0 Å². The molecule has 0 radical (unpaired) electrons. The van der Waals surface area contributed by atoms with E-state index in [9.17, 15) is 4.79 Å². The molecule has 0 N–H and O–H groups in total. The molecule has 1 amide bonds. The summed E-state index contributed by atoms with van der Waals surface area (Å²) in [6.07, 6.45) is 5.60. The molecule has 1 atom stereocenters. The van der Waals surface area contributed by atoms with Crippen molar-refractivity contribution in [3.63, 3.8) is 0 Å². The number of aromatic nitrogens is 3. The quantitative estimate of drug-likeness (QED) is 0.687. The van der Waals surface area contributed by atoms with Crippen molar-refractivity contribution in [1.82, 2.24) is 20.0 Å². The van der Waals surface area contributed by atoms with Crippen LogP contribution in [0.5, 0.6) is 0 Å². The minimum Gasteiger partial charge on any atom is -0.338 e. The lowest BCUT2D eigenvalue weighted by atomic mass is 9.93. The number of carbonyl (C=O) groups is 1. The topological polar surface area (TPSA) is 72.1 Å². The molecule has 26 heavy (non-hydrogen) atoms. The van der Waals surface area contributed by atoms with Crippen LogP contribution in [-0.2, 0) is 6.42 Å². The number of likely N-dealkylation sites (tertiary alicyclic amines) is 1. The summed E-state index contributed by atoms with van der Waals surface area (Å²) in [5, 5.41) is 7.94. The molecular formula is C19H20N4O2S. The highest BCUT2D eigenvalue weighted by atomic mass is 32.1. The highest BCUT2D eigenvalue weighted by molar-refractivity contribution is 7.08. The predicted octanol–water partition coefficient (Wildman–Crippen LogP) is 3.68. The number of pyridine rings is 1. The summed E-state index contributed by atoms with van der Waals surface area (Å²) in [5.74, 6) is 1.78. The summed E-state index contributed by atoms with van der Waals surface area (Å²) in [7, 11) is 0. The smallest absolute Gasteiger partial charge is 0.276 e. The van der Waals surface area contributed by atoms with E-state index >= 15 is 0 Å². The molecular weight excluding hydrogens is 348 g/mol. The Kier molecular flexibility index (Phi) is 5.06. The van der Waals surface area contributed by atoms with Crippen LogP contribution in [0.2, 0.25) is 0 Å². The lowest BCUT2D eigenvalue weighted by molar-refractivity contribution is 0.0668. The fraction of sp³-hybridized carbons (Fsp3) is 0.368. The molecule has 0 bridgehead atoms. The van der Waals surface area contributed by atoms with Crippen LogP contribution in [-0.4, -0.2) is 39.0 Å². The summed E-state index contributed by atoms with van der Waals surface area (Å²) in [5.41, 5.74) is 1.49. The summed E-state index contributed by atoms with van der Waals surface area (Å²) >= 11 is 1.56. The van der Waals surface area contributed by atoms with Gasteiger partial charge in [-0.3, -0.25) is 9.78 Å². The zero-order valence-corrected chi connectivity index (χ0v) is 15.2. The lowest BCUT2D eigenvalue weighted by Crippen LogP contribution is -2.39. The Morgan fingerprint density at radius 1 is 1.35 bits per heavy atom. The van der Waals surface area contributed by atoms with Crippen LogP contribution in [0.1, 0.15) is 35.4 Å². The standard InChI is InChI=1S/C19H20N4O2S/c24-19(15-8-11-26-13-15)23-10-3-4-14(12-23)6-7-17-21-18(25-22-17)16-5-1-2-9-20-16/h1-2,5,8-9,11,13-14H,3-4,6-7,10,12H2/t14-/m1/s1. The van der Waals surface area contributed by atoms with Gasteiger partial charge in [0.15, 0.2) is 5.82 Å². The second-order valence-electron chi connectivity index (χ2n) is 6.54. The first-order chi connectivity index (χ1) is 12.8. The van der Waals surface area contributed by atoms with Crippen LogP contribution in [0, 0.1) is 5.92 Å². The fourth-order valence-electron chi connectivity index (χ4n) is 3.34. The minimum atomic E-state index is 0.146. The number of amides is 1. The van der Waals surface area contributed by atoms with Gasteiger partial charge in [0.25, 0.3) is 11.8 Å². The molecule has 3 aromatic rings. The molecule has 4 rings (SSSR count). The first kappa shape index (κ1) is 16.9. The maximum Gasteiger partial charge on any atom is 0.276 e. The molecule has 0 unspecified atom stereocenters. The highest BCUT2D eigenvalue weighted by Crippen LogP contribution is 2.23. The number of piperidine rings is 1. The van der Waals surface area contributed by atoms with E-state index in [4.69, 9.17) is 4.52 Å². The third kappa shape index (κ3) is 3.83. The Labute approximate surface area is 155 Å². The van der Waals surface area contributed by atoms with Crippen LogP contribution >= 0.6 is 11.3 Å². The summed E-state index contributed by atoms with van der Waals surface area (Å²) in [4.78, 5) is 23.2. The van der Waals surface area contributed by atoms with Crippen molar-refractivity contribution < 1.29 is 9.32 Å². The molecule has 3 aromatic heterocycles. The average Bonchev–Trinajstić information content (AvgIpc) is 3.39. The van der Waals surface area contributed by atoms with Gasteiger partial charge in [-0.1, -0.05) is 11.2 Å². The number of thiophene rings is 1. The monoisotopic (exact) mass is 368 g/mol. The van der Waals surface area contributed by atoms with Gasteiger partial charge in [0, 0.05) is 31.1 Å². The summed E-state index contributed by atoms with van der Waals surface area (Å²) in [6.45, 7) is 1.65. The van der Waals surface area contributed by atoms with Gasteiger partial charge in [0.05, 0.1) is 5.56 Å². The third-order valence-electron chi connectivity index (χ3n) is 4.70. The molecule has 134 valence electrons. The Balaban J connectivity index is 1.33. The number of aryl methyl sites for hydroxylation is 1. The molecule has 6 nitrogen and oxygen atoms in total. The van der Waals surface area contributed by atoms with E-state index in [1.165, 1.54) is 0 Å². The average molecular weight is 368 g/mol. The highest BCUT2D eigenvalue weighted by Gasteiger charge is 2.25. The molecule has 4 heterocycles. The predicted molar refractivity (Wildman–Crippen MR) is 98.8 cm³/mol. The lowest BCUT2D eigenvalue weighted by Gasteiger charge is -2.32. The van der Waals surface area contributed by atoms with Gasteiger partial charge >= 0.3 is 0 Å². The number of hydrogen-bond acceptors (Lipinski definition) is 6. The van der Waals surface area contributed by atoms with Crippen molar-refractivity contribution in [2.75, 3.05) is 13.1 Å². The first-order valence-electron chi connectivity index (χ1n) is 8.85. The zero-order valence-electron chi connectivity index (χ0n) is 14.4. The van der Waals surface area contributed by atoms with E-state index < -0.39 is 0 Å². The molecule has 0 aliphatic carbocycles. The van der Waals surface area contributed by atoms with Crippen molar-refractivity contribution >= 4 is 17.2 Å². The van der Waals surface area contributed by atoms with Gasteiger partial charge in [-0.05, 0) is 48.8 Å². The Hall–Kier alpha value is -2.54. The summed E-state index contributed by atoms with van der Waals surface area (Å²) in [6, 6.07) is 7.50. The molecule has 0 aromatic carbocycles. The van der Waals surface area contributed by atoms with Gasteiger partial charge < -0.3 is 9.42 Å².